The summed E-state index contributed by atoms with van der Waals surface area (Å²) in [5.74, 6) is 1.52. The van der Waals surface area contributed by atoms with E-state index in [1.165, 1.54) is 12.8 Å². The molecule has 0 heterocycles. The van der Waals surface area contributed by atoms with Crippen LogP contribution in [0.1, 0.15) is 70.7 Å². The van der Waals surface area contributed by atoms with E-state index >= 15 is 0 Å². The van der Waals surface area contributed by atoms with Crippen molar-refractivity contribution in [3.8, 4) is 17.2 Å². The van der Waals surface area contributed by atoms with Gasteiger partial charge in [0.25, 0.3) is 5.91 Å². The number of rotatable bonds is 12. The Morgan fingerprint density at radius 1 is 0.960 bits per heavy atom. The molecule has 0 bridgehead atoms. The summed E-state index contributed by atoms with van der Waals surface area (Å²) in [6, 6.07) is 3.59. The Bertz CT molecular complexity index is 503. The Morgan fingerprint density at radius 2 is 1.52 bits per heavy atom. The number of unbranched alkanes of at least 4 members (excludes halogenated alkanes) is 2. The molecule has 1 amide bonds. The summed E-state index contributed by atoms with van der Waals surface area (Å²) in [6.45, 7) is 11.4. The molecule has 0 aliphatic carbocycles. The zero-order valence-electron chi connectivity index (χ0n) is 16.3. The van der Waals surface area contributed by atoms with E-state index < -0.39 is 0 Å². The number of hydrogen-bond acceptors (Lipinski definition) is 4. The molecule has 0 fully saturated rings. The fraction of sp³-hybridized carbons (Fsp3) is 0.650. The van der Waals surface area contributed by atoms with E-state index in [1.54, 1.807) is 12.1 Å². The predicted molar refractivity (Wildman–Crippen MR) is 101 cm³/mol. The quantitative estimate of drug-likeness (QED) is 0.560. The van der Waals surface area contributed by atoms with E-state index in [2.05, 4.69) is 12.2 Å². The van der Waals surface area contributed by atoms with Gasteiger partial charge >= 0.3 is 0 Å². The van der Waals surface area contributed by atoms with Crippen LogP contribution >= 0.6 is 0 Å². The number of nitrogens with one attached hydrogen (secondary N) is 1. The maximum Gasteiger partial charge on any atom is 0.251 e. The van der Waals surface area contributed by atoms with Gasteiger partial charge in [0.2, 0.25) is 5.75 Å². The number of hydrogen-bond donors (Lipinski definition) is 1. The van der Waals surface area contributed by atoms with Crippen LogP contribution in [-0.2, 0) is 0 Å². The minimum Gasteiger partial charge on any atom is -0.490 e. The molecule has 0 saturated heterocycles. The lowest BCUT2D eigenvalue weighted by Gasteiger charge is -2.18. The van der Waals surface area contributed by atoms with Gasteiger partial charge in [0.05, 0.1) is 19.8 Å². The largest absolute Gasteiger partial charge is 0.490 e. The van der Waals surface area contributed by atoms with Crippen molar-refractivity contribution < 1.29 is 19.0 Å². The van der Waals surface area contributed by atoms with E-state index in [9.17, 15) is 4.79 Å². The Kier molecular flexibility index (Phi) is 9.81. The number of ether oxygens (including phenoxy) is 3. The summed E-state index contributed by atoms with van der Waals surface area (Å²) in [5, 5.41) is 3.05. The summed E-state index contributed by atoms with van der Waals surface area (Å²) < 4.78 is 17.0. The fourth-order valence-electron chi connectivity index (χ4n) is 2.60. The lowest BCUT2D eigenvalue weighted by molar-refractivity contribution is 0.0936. The molecular weight excluding hydrogens is 318 g/mol. The molecular formula is C20H33NO4. The van der Waals surface area contributed by atoms with Crippen molar-refractivity contribution in [1.82, 2.24) is 5.32 Å². The Labute approximate surface area is 152 Å². The number of benzene rings is 1. The second-order valence-corrected chi connectivity index (χ2v) is 5.97. The molecule has 1 aromatic carbocycles. The van der Waals surface area contributed by atoms with Crippen molar-refractivity contribution in [2.24, 2.45) is 0 Å². The molecule has 142 valence electrons. The number of carbonyl (C=O) groups is 1. The lowest BCUT2D eigenvalue weighted by Crippen LogP contribution is -2.32. The van der Waals surface area contributed by atoms with E-state index in [0.29, 0.717) is 42.6 Å². The van der Waals surface area contributed by atoms with Gasteiger partial charge in [0, 0.05) is 11.6 Å². The van der Waals surface area contributed by atoms with Gasteiger partial charge in [-0.05, 0) is 46.2 Å². The molecule has 1 N–H and O–H groups in total. The van der Waals surface area contributed by atoms with E-state index in [0.717, 1.165) is 12.8 Å². The van der Waals surface area contributed by atoms with Gasteiger partial charge in [-0.2, -0.15) is 0 Å². The maximum absolute atomic E-state index is 12.6. The molecule has 0 aliphatic rings. The molecule has 1 aromatic rings. The minimum absolute atomic E-state index is 0.117. The van der Waals surface area contributed by atoms with E-state index in [-0.39, 0.29) is 11.9 Å². The fourth-order valence-corrected chi connectivity index (χ4v) is 2.60. The van der Waals surface area contributed by atoms with Crippen LogP contribution in [0.15, 0.2) is 12.1 Å². The first-order valence-corrected chi connectivity index (χ1v) is 9.44. The highest BCUT2D eigenvalue weighted by Crippen LogP contribution is 2.39. The van der Waals surface area contributed by atoms with Crippen molar-refractivity contribution in [1.29, 1.82) is 0 Å². The molecule has 0 aliphatic heterocycles. The highest BCUT2D eigenvalue weighted by molar-refractivity contribution is 5.95. The van der Waals surface area contributed by atoms with Crippen molar-refractivity contribution in [3.05, 3.63) is 17.7 Å². The smallest absolute Gasteiger partial charge is 0.251 e. The van der Waals surface area contributed by atoms with Crippen molar-refractivity contribution in [3.63, 3.8) is 0 Å². The Balaban J connectivity index is 2.98. The van der Waals surface area contributed by atoms with Gasteiger partial charge in [-0.25, -0.2) is 0 Å². The summed E-state index contributed by atoms with van der Waals surface area (Å²) in [7, 11) is 0. The molecule has 0 saturated carbocycles. The van der Waals surface area contributed by atoms with Crippen LogP contribution < -0.4 is 19.5 Å². The maximum atomic E-state index is 12.6. The van der Waals surface area contributed by atoms with Gasteiger partial charge in [-0.1, -0.05) is 26.2 Å². The molecule has 1 rings (SSSR count). The van der Waals surface area contributed by atoms with Gasteiger partial charge in [-0.15, -0.1) is 0 Å². The van der Waals surface area contributed by atoms with Crippen LogP contribution in [-0.4, -0.2) is 31.8 Å². The first kappa shape index (κ1) is 21.1. The summed E-state index contributed by atoms with van der Waals surface area (Å²) in [6.07, 6.45) is 4.46. The third-order valence-corrected chi connectivity index (χ3v) is 3.79. The Hall–Kier alpha value is -1.91. The standard InChI is InChI=1S/C20H33NO4/c1-6-10-11-12-15(5)21-20(22)16-13-17(23-7-2)19(25-9-4)18(14-16)24-8-3/h13-15H,6-12H2,1-5H3,(H,21,22). The van der Waals surface area contributed by atoms with Crippen LogP contribution in [0.2, 0.25) is 0 Å². The van der Waals surface area contributed by atoms with Gasteiger partial charge in [-0.3, -0.25) is 4.79 Å². The topological polar surface area (TPSA) is 56.8 Å². The number of carbonyl (C=O) groups excluding carboxylic acids is 1. The van der Waals surface area contributed by atoms with E-state index in [4.69, 9.17) is 14.2 Å². The molecule has 25 heavy (non-hydrogen) atoms. The average Bonchev–Trinajstić information content (AvgIpc) is 2.58. The summed E-state index contributed by atoms with van der Waals surface area (Å²) in [5.41, 5.74) is 0.526. The van der Waals surface area contributed by atoms with Crippen LogP contribution in [0.4, 0.5) is 0 Å². The van der Waals surface area contributed by atoms with Crippen molar-refractivity contribution in [2.45, 2.75) is 66.3 Å². The second-order valence-electron chi connectivity index (χ2n) is 5.97. The molecule has 0 aromatic heterocycles. The van der Waals surface area contributed by atoms with E-state index in [1.807, 2.05) is 27.7 Å². The summed E-state index contributed by atoms with van der Waals surface area (Å²) in [4.78, 5) is 12.6. The normalized spacial score (nSPS) is 11.7. The zero-order valence-corrected chi connectivity index (χ0v) is 16.3. The van der Waals surface area contributed by atoms with Crippen LogP contribution in [0, 0.1) is 0 Å². The van der Waals surface area contributed by atoms with Crippen molar-refractivity contribution in [2.75, 3.05) is 19.8 Å². The first-order valence-electron chi connectivity index (χ1n) is 9.44. The van der Waals surface area contributed by atoms with Gasteiger partial charge < -0.3 is 19.5 Å². The summed E-state index contributed by atoms with van der Waals surface area (Å²) >= 11 is 0. The highest BCUT2D eigenvalue weighted by Gasteiger charge is 2.19. The lowest BCUT2D eigenvalue weighted by atomic mass is 10.1. The Morgan fingerprint density at radius 3 is 2.00 bits per heavy atom. The van der Waals surface area contributed by atoms with Crippen molar-refractivity contribution >= 4 is 5.91 Å². The van der Waals surface area contributed by atoms with Crippen LogP contribution in [0.5, 0.6) is 17.2 Å². The number of amides is 1. The van der Waals surface area contributed by atoms with Crippen LogP contribution in [0.25, 0.3) is 0 Å². The monoisotopic (exact) mass is 351 g/mol. The highest BCUT2D eigenvalue weighted by atomic mass is 16.5. The zero-order chi connectivity index (χ0) is 18.7. The minimum atomic E-state index is -0.117. The SMILES string of the molecule is CCCCCC(C)NC(=O)c1cc(OCC)c(OCC)c(OCC)c1. The molecule has 5 nitrogen and oxygen atoms in total. The third kappa shape index (κ3) is 6.85. The average molecular weight is 351 g/mol. The predicted octanol–water partition coefficient (Wildman–Crippen LogP) is 4.58. The van der Waals surface area contributed by atoms with Gasteiger partial charge in [0.1, 0.15) is 0 Å². The van der Waals surface area contributed by atoms with Gasteiger partial charge in [0.15, 0.2) is 11.5 Å². The third-order valence-electron chi connectivity index (χ3n) is 3.79. The molecule has 1 atom stereocenters. The first-order chi connectivity index (χ1) is 12.1. The second kappa shape index (κ2) is 11.6. The molecule has 5 heteroatoms. The molecule has 1 unspecified atom stereocenters. The molecule has 0 radical (unpaired) electrons. The van der Waals surface area contributed by atoms with Crippen LogP contribution in [0.3, 0.4) is 0 Å². The molecule has 0 spiro atoms.